The van der Waals surface area contributed by atoms with Gasteiger partial charge in [-0.25, -0.2) is 0 Å². The van der Waals surface area contributed by atoms with Gasteiger partial charge in [-0.15, -0.1) is 0 Å². The van der Waals surface area contributed by atoms with Gasteiger partial charge in [0, 0.05) is 5.56 Å². The second-order valence-electron chi connectivity index (χ2n) is 7.08. The van der Waals surface area contributed by atoms with E-state index in [2.05, 4.69) is 26.0 Å². The molecule has 0 spiro atoms. The Morgan fingerprint density at radius 1 is 1.03 bits per heavy atom. The molecule has 148 valence electrons. The predicted octanol–water partition coefficient (Wildman–Crippen LogP) is 5.61. The molecule has 0 amide bonds. The summed E-state index contributed by atoms with van der Waals surface area (Å²) in [5, 5.41) is 0. The highest BCUT2D eigenvalue weighted by atomic mass is 16.7. The molecule has 0 unspecified atom stereocenters. The molecule has 5 heteroatoms. The van der Waals surface area contributed by atoms with Crippen LogP contribution in [0.4, 0.5) is 0 Å². The van der Waals surface area contributed by atoms with Crippen molar-refractivity contribution in [3.63, 3.8) is 0 Å². The van der Waals surface area contributed by atoms with E-state index in [0.29, 0.717) is 41.1 Å². The summed E-state index contributed by atoms with van der Waals surface area (Å²) in [7, 11) is 0. The number of hydrogen-bond acceptors (Lipinski definition) is 5. The smallest absolute Gasteiger partial charge is 0.231 e. The third-order valence-electron chi connectivity index (χ3n) is 4.67. The van der Waals surface area contributed by atoms with Crippen LogP contribution in [-0.4, -0.2) is 12.6 Å². The van der Waals surface area contributed by atoms with Gasteiger partial charge in [0.05, 0.1) is 0 Å². The molecule has 4 rings (SSSR count). The average molecular weight is 390 g/mol. The van der Waals surface area contributed by atoms with E-state index in [9.17, 15) is 4.79 Å². The van der Waals surface area contributed by atoms with E-state index >= 15 is 0 Å². The number of allylic oxidation sites excluding steroid dienone is 1. The Bertz CT molecular complexity index is 1030. The standard InChI is InChI=1S/C24H22O5/c1-16(2)17-3-6-19(7-4-17)26-14-21-9-8-20(29-21)10-11-22(25)18-5-12-23-24(13-18)28-15-27-23/h3-13,16H,14-15H2,1-2H3/b11-10+. The Kier molecular flexibility index (Phi) is 5.38. The summed E-state index contributed by atoms with van der Waals surface area (Å²) in [6, 6.07) is 16.8. The molecule has 1 aliphatic heterocycles. The number of fused-ring (bicyclic) bond motifs is 1. The van der Waals surface area contributed by atoms with Crippen LogP contribution in [0.1, 0.15) is 47.2 Å². The first-order chi connectivity index (χ1) is 14.1. The molecule has 0 atom stereocenters. The van der Waals surface area contributed by atoms with Gasteiger partial charge in [0.15, 0.2) is 17.3 Å². The van der Waals surface area contributed by atoms with Gasteiger partial charge >= 0.3 is 0 Å². The molecule has 0 aliphatic carbocycles. The molecule has 0 radical (unpaired) electrons. The number of rotatable bonds is 7. The largest absolute Gasteiger partial charge is 0.486 e. The Morgan fingerprint density at radius 2 is 1.83 bits per heavy atom. The van der Waals surface area contributed by atoms with Gasteiger partial charge in [0.2, 0.25) is 6.79 Å². The number of carbonyl (C=O) groups excluding carboxylic acids is 1. The number of benzene rings is 2. The third kappa shape index (κ3) is 4.51. The van der Waals surface area contributed by atoms with Crippen LogP contribution in [0.25, 0.3) is 6.08 Å². The van der Waals surface area contributed by atoms with Crippen LogP contribution in [0.5, 0.6) is 17.2 Å². The van der Waals surface area contributed by atoms with Crippen LogP contribution < -0.4 is 14.2 Å². The van der Waals surface area contributed by atoms with Gasteiger partial charge < -0.3 is 18.6 Å². The zero-order chi connectivity index (χ0) is 20.2. The van der Waals surface area contributed by atoms with Crippen LogP contribution in [-0.2, 0) is 6.61 Å². The van der Waals surface area contributed by atoms with Crippen molar-refractivity contribution in [3.8, 4) is 17.2 Å². The van der Waals surface area contributed by atoms with Crippen LogP contribution in [0.15, 0.2) is 65.1 Å². The van der Waals surface area contributed by atoms with Gasteiger partial charge in [-0.05, 0) is 66.1 Å². The Hall–Kier alpha value is -3.47. The maximum atomic E-state index is 12.4. The fraction of sp³-hybridized carbons (Fsp3) is 0.208. The van der Waals surface area contributed by atoms with Crippen LogP contribution in [0, 0.1) is 0 Å². The first-order valence-electron chi connectivity index (χ1n) is 9.52. The van der Waals surface area contributed by atoms with Crippen molar-refractivity contribution in [1.29, 1.82) is 0 Å². The van der Waals surface area contributed by atoms with Crippen molar-refractivity contribution in [2.45, 2.75) is 26.4 Å². The summed E-state index contributed by atoms with van der Waals surface area (Å²) < 4.78 is 22.0. The summed E-state index contributed by atoms with van der Waals surface area (Å²) >= 11 is 0. The van der Waals surface area contributed by atoms with Gasteiger partial charge in [-0.1, -0.05) is 26.0 Å². The van der Waals surface area contributed by atoms with Crippen LogP contribution >= 0.6 is 0 Å². The van der Waals surface area contributed by atoms with E-state index in [0.717, 1.165) is 5.75 Å². The highest BCUT2D eigenvalue weighted by Crippen LogP contribution is 2.32. The molecule has 0 saturated carbocycles. The van der Waals surface area contributed by atoms with Gasteiger partial charge in [-0.3, -0.25) is 4.79 Å². The lowest BCUT2D eigenvalue weighted by Gasteiger charge is -2.07. The predicted molar refractivity (Wildman–Crippen MR) is 110 cm³/mol. The van der Waals surface area contributed by atoms with E-state index < -0.39 is 0 Å². The molecule has 3 aromatic rings. The van der Waals surface area contributed by atoms with Crippen LogP contribution in [0.2, 0.25) is 0 Å². The lowest BCUT2D eigenvalue weighted by molar-refractivity contribution is 0.104. The molecular formula is C24H22O5. The Labute approximate surface area is 169 Å². The van der Waals surface area contributed by atoms with Crippen LogP contribution in [0.3, 0.4) is 0 Å². The molecule has 29 heavy (non-hydrogen) atoms. The van der Waals surface area contributed by atoms with E-state index in [1.165, 1.54) is 11.6 Å². The summed E-state index contributed by atoms with van der Waals surface area (Å²) in [6.07, 6.45) is 3.12. The number of furan rings is 1. The maximum absolute atomic E-state index is 12.4. The second-order valence-corrected chi connectivity index (χ2v) is 7.08. The summed E-state index contributed by atoms with van der Waals surface area (Å²) in [5.41, 5.74) is 1.81. The fourth-order valence-corrected chi connectivity index (χ4v) is 2.97. The lowest BCUT2D eigenvalue weighted by atomic mass is 10.0. The van der Waals surface area contributed by atoms with Crippen molar-refractivity contribution in [2.75, 3.05) is 6.79 Å². The monoisotopic (exact) mass is 390 g/mol. The molecule has 5 nitrogen and oxygen atoms in total. The normalized spacial score (nSPS) is 12.7. The van der Waals surface area contributed by atoms with Crippen molar-refractivity contribution >= 4 is 11.9 Å². The third-order valence-corrected chi connectivity index (χ3v) is 4.67. The molecule has 1 aromatic heterocycles. The van der Waals surface area contributed by atoms with E-state index in [4.69, 9.17) is 18.6 Å². The summed E-state index contributed by atoms with van der Waals surface area (Å²) in [6.45, 7) is 4.82. The van der Waals surface area contributed by atoms with Crippen molar-refractivity contribution in [2.24, 2.45) is 0 Å². The minimum Gasteiger partial charge on any atom is -0.486 e. The minimum absolute atomic E-state index is 0.136. The van der Waals surface area contributed by atoms with Crippen molar-refractivity contribution < 1.29 is 23.4 Å². The molecule has 2 heterocycles. The Balaban J connectivity index is 1.34. The molecule has 0 fully saturated rings. The first-order valence-corrected chi connectivity index (χ1v) is 9.52. The molecule has 0 bridgehead atoms. The van der Waals surface area contributed by atoms with E-state index in [1.807, 2.05) is 24.3 Å². The number of carbonyl (C=O) groups is 1. The topological polar surface area (TPSA) is 57.9 Å². The zero-order valence-electron chi connectivity index (χ0n) is 16.4. The van der Waals surface area contributed by atoms with Gasteiger partial charge in [0.25, 0.3) is 0 Å². The Morgan fingerprint density at radius 3 is 2.62 bits per heavy atom. The number of ketones is 1. The molecule has 1 aliphatic rings. The SMILES string of the molecule is CC(C)c1ccc(OCc2ccc(/C=C/C(=O)c3ccc4c(c3)OCO4)o2)cc1. The fourth-order valence-electron chi connectivity index (χ4n) is 2.97. The molecule has 0 saturated heterocycles. The second kappa shape index (κ2) is 8.27. The van der Waals surface area contributed by atoms with Crippen molar-refractivity contribution in [3.05, 3.63) is 83.3 Å². The van der Waals surface area contributed by atoms with Crippen molar-refractivity contribution in [1.82, 2.24) is 0 Å². The minimum atomic E-state index is -0.136. The quantitative estimate of drug-likeness (QED) is 0.388. The molecule has 2 aromatic carbocycles. The summed E-state index contributed by atoms with van der Waals surface area (Å²) in [4.78, 5) is 12.4. The highest BCUT2D eigenvalue weighted by molar-refractivity contribution is 6.07. The van der Waals surface area contributed by atoms with E-state index in [1.54, 1.807) is 24.3 Å². The lowest BCUT2D eigenvalue weighted by Crippen LogP contribution is -1.95. The maximum Gasteiger partial charge on any atom is 0.231 e. The first kappa shape index (κ1) is 18.9. The number of ether oxygens (including phenoxy) is 3. The summed E-state index contributed by atoms with van der Waals surface area (Å²) in [5.74, 6) is 3.66. The van der Waals surface area contributed by atoms with Gasteiger partial charge in [-0.2, -0.15) is 0 Å². The van der Waals surface area contributed by atoms with Gasteiger partial charge in [0.1, 0.15) is 23.9 Å². The van der Waals surface area contributed by atoms with E-state index in [-0.39, 0.29) is 12.6 Å². The number of hydrogen-bond donors (Lipinski definition) is 0. The highest BCUT2D eigenvalue weighted by Gasteiger charge is 2.15. The average Bonchev–Trinajstić information content (AvgIpc) is 3.39. The zero-order valence-corrected chi connectivity index (χ0v) is 16.4. The molecular weight excluding hydrogens is 368 g/mol. The molecule has 0 N–H and O–H groups in total.